The molecule has 7 heteroatoms. The predicted octanol–water partition coefficient (Wildman–Crippen LogP) is 5.41. The Hall–Kier alpha value is -2.95. The molecule has 1 aliphatic carbocycles. The molecule has 0 bridgehead atoms. The molecule has 35 heavy (non-hydrogen) atoms. The van der Waals surface area contributed by atoms with Crippen molar-refractivity contribution in [2.75, 3.05) is 13.1 Å². The first-order chi connectivity index (χ1) is 16.9. The number of hydrogen-bond donors (Lipinski definition) is 0. The van der Waals surface area contributed by atoms with Crippen LogP contribution in [0.1, 0.15) is 72.5 Å². The van der Waals surface area contributed by atoms with Gasteiger partial charge in [0.1, 0.15) is 12.1 Å². The van der Waals surface area contributed by atoms with E-state index in [4.69, 9.17) is 5.26 Å². The molecule has 0 atom stereocenters. The minimum atomic E-state index is -4.01. The summed E-state index contributed by atoms with van der Waals surface area (Å²) in [5, 5.41) is 9.81. The number of carbonyl (C=O) groups is 1. The Morgan fingerprint density at radius 3 is 2.34 bits per heavy atom. The molecule has 0 N–H and O–H groups in total. The minimum absolute atomic E-state index is 0.0373. The predicted molar refractivity (Wildman–Crippen MR) is 136 cm³/mol. The molecule has 6 nitrogen and oxygen atoms in total. The zero-order valence-corrected chi connectivity index (χ0v) is 20.9. The van der Waals surface area contributed by atoms with Gasteiger partial charge in [-0.15, -0.1) is 0 Å². The summed E-state index contributed by atoms with van der Waals surface area (Å²) in [7, 11) is -4.01. The second kappa shape index (κ2) is 9.60. The van der Waals surface area contributed by atoms with E-state index in [2.05, 4.69) is 4.90 Å². The standard InChI is InChI=1S/C28H31N3O3S/c1-20-6-9-25(10-7-20)35(33,34)31-26-11-8-22(18-23(26)19-27(31)28(32)12-15-29)21-13-16-30(17-14-21)24-4-2-3-5-24/h6-11,18-19,21,24H,2-5,12-14,16-17H2,1H3. The molecule has 182 valence electrons. The lowest BCUT2D eigenvalue weighted by molar-refractivity contribution is 0.0992. The number of hydrogen-bond acceptors (Lipinski definition) is 5. The monoisotopic (exact) mass is 489 g/mol. The molecule has 0 radical (unpaired) electrons. The van der Waals surface area contributed by atoms with Crippen LogP contribution in [0.25, 0.3) is 10.9 Å². The maximum Gasteiger partial charge on any atom is 0.268 e. The SMILES string of the molecule is Cc1ccc(S(=O)(=O)n2c(C(=O)CC#N)cc3cc(C4CCN(C5CCCC5)CC4)ccc32)cc1. The van der Waals surface area contributed by atoms with Crippen LogP contribution in [0.5, 0.6) is 0 Å². The number of aryl methyl sites for hydroxylation is 1. The molecule has 3 aromatic rings. The quantitative estimate of drug-likeness (QED) is 0.433. The molecule has 2 aliphatic rings. The van der Waals surface area contributed by atoms with E-state index in [0.29, 0.717) is 11.4 Å². The molecule has 0 unspecified atom stereocenters. The van der Waals surface area contributed by atoms with Crippen molar-refractivity contribution in [3.05, 3.63) is 65.4 Å². The van der Waals surface area contributed by atoms with Crippen LogP contribution in [-0.4, -0.2) is 42.2 Å². The van der Waals surface area contributed by atoms with Gasteiger partial charge in [-0.05, 0) is 87.5 Å². The normalized spacial score (nSPS) is 18.2. The third kappa shape index (κ3) is 4.53. The fourth-order valence-corrected chi connectivity index (χ4v) is 7.29. The van der Waals surface area contributed by atoms with Gasteiger partial charge in [0.2, 0.25) is 0 Å². The zero-order valence-electron chi connectivity index (χ0n) is 20.1. The van der Waals surface area contributed by atoms with Gasteiger partial charge >= 0.3 is 0 Å². The highest BCUT2D eigenvalue weighted by Crippen LogP contribution is 2.35. The van der Waals surface area contributed by atoms with Gasteiger partial charge in [-0.1, -0.05) is 36.6 Å². The van der Waals surface area contributed by atoms with Crippen molar-refractivity contribution in [3.63, 3.8) is 0 Å². The molecule has 5 rings (SSSR count). The number of ketones is 1. The van der Waals surface area contributed by atoms with Gasteiger partial charge in [-0.2, -0.15) is 5.26 Å². The summed E-state index contributed by atoms with van der Waals surface area (Å²) in [6.07, 6.45) is 7.13. The Bertz CT molecular complexity index is 1390. The fourth-order valence-electron chi connectivity index (χ4n) is 5.76. The van der Waals surface area contributed by atoms with Gasteiger partial charge in [0.15, 0.2) is 5.78 Å². The van der Waals surface area contributed by atoms with E-state index in [1.165, 1.54) is 31.2 Å². The van der Waals surface area contributed by atoms with Gasteiger partial charge in [0.25, 0.3) is 10.0 Å². The molecule has 1 aromatic heterocycles. The third-order valence-electron chi connectivity index (χ3n) is 7.71. The van der Waals surface area contributed by atoms with E-state index in [1.807, 2.05) is 31.2 Å². The van der Waals surface area contributed by atoms with Gasteiger partial charge < -0.3 is 4.90 Å². The van der Waals surface area contributed by atoms with E-state index in [-0.39, 0.29) is 17.0 Å². The average molecular weight is 490 g/mol. The molecule has 2 heterocycles. The summed E-state index contributed by atoms with van der Waals surface area (Å²) in [5.74, 6) is -0.0711. The summed E-state index contributed by atoms with van der Waals surface area (Å²) >= 11 is 0. The van der Waals surface area contributed by atoms with Crippen LogP contribution < -0.4 is 0 Å². The van der Waals surface area contributed by atoms with Gasteiger partial charge in [0, 0.05) is 11.4 Å². The Morgan fingerprint density at radius 2 is 1.69 bits per heavy atom. The number of nitriles is 1. The van der Waals surface area contributed by atoms with Crippen LogP contribution >= 0.6 is 0 Å². The lowest BCUT2D eigenvalue weighted by Crippen LogP contribution is -2.39. The number of Topliss-reactive ketones (excluding diaryl/α,β-unsaturated/α-hetero) is 1. The number of likely N-dealkylation sites (tertiary alicyclic amines) is 1. The van der Waals surface area contributed by atoms with E-state index < -0.39 is 15.8 Å². The number of rotatable bonds is 6. The van der Waals surface area contributed by atoms with Gasteiger partial charge in [0.05, 0.1) is 16.5 Å². The van der Waals surface area contributed by atoms with Crippen molar-refractivity contribution in [1.29, 1.82) is 5.26 Å². The summed E-state index contributed by atoms with van der Waals surface area (Å²) in [6.45, 7) is 4.09. The number of aromatic nitrogens is 1. The highest BCUT2D eigenvalue weighted by molar-refractivity contribution is 7.90. The number of fused-ring (bicyclic) bond motifs is 1. The third-order valence-corrected chi connectivity index (χ3v) is 9.45. The van der Waals surface area contributed by atoms with Crippen LogP contribution in [-0.2, 0) is 10.0 Å². The largest absolute Gasteiger partial charge is 0.300 e. The van der Waals surface area contributed by atoms with Gasteiger partial charge in [-0.25, -0.2) is 12.4 Å². The van der Waals surface area contributed by atoms with Crippen LogP contribution in [0.3, 0.4) is 0 Å². The minimum Gasteiger partial charge on any atom is -0.300 e. The average Bonchev–Trinajstić information content (AvgIpc) is 3.53. The molecule has 2 fully saturated rings. The number of benzene rings is 2. The summed E-state index contributed by atoms with van der Waals surface area (Å²) in [4.78, 5) is 15.6. The van der Waals surface area contributed by atoms with Crippen LogP contribution in [0.15, 0.2) is 53.4 Å². The molecule has 1 saturated carbocycles. The summed E-state index contributed by atoms with van der Waals surface area (Å²) < 4.78 is 28.4. The Balaban J connectivity index is 1.50. The molecule has 0 spiro atoms. The van der Waals surface area contributed by atoms with E-state index >= 15 is 0 Å². The molecule has 1 aliphatic heterocycles. The van der Waals surface area contributed by atoms with Crippen molar-refractivity contribution in [2.45, 2.75) is 68.7 Å². The molecule has 1 saturated heterocycles. The number of piperidine rings is 1. The van der Waals surface area contributed by atoms with Crippen molar-refractivity contribution >= 4 is 26.7 Å². The second-order valence-electron chi connectivity index (χ2n) is 9.94. The first kappa shape index (κ1) is 23.8. The Morgan fingerprint density at radius 1 is 1.00 bits per heavy atom. The van der Waals surface area contributed by atoms with Crippen LogP contribution in [0, 0.1) is 18.3 Å². The van der Waals surface area contributed by atoms with Crippen molar-refractivity contribution in [3.8, 4) is 6.07 Å². The second-order valence-corrected chi connectivity index (χ2v) is 11.7. The molecule has 2 aromatic carbocycles. The van der Waals surface area contributed by atoms with Crippen molar-refractivity contribution < 1.29 is 13.2 Å². The van der Waals surface area contributed by atoms with E-state index in [1.54, 1.807) is 30.3 Å². The molecular weight excluding hydrogens is 458 g/mol. The first-order valence-corrected chi connectivity index (χ1v) is 13.9. The maximum absolute atomic E-state index is 13.6. The smallest absolute Gasteiger partial charge is 0.268 e. The van der Waals surface area contributed by atoms with Crippen molar-refractivity contribution in [2.24, 2.45) is 0 Å². The molecule has 0 amide bonds. The molecular formula is C28H31N3O3S. The Labute approximate surface area is 207 Å². The Kier molecular flexibility index (Phi) is 6.52. The zero-order chi connectivity index (χ0) is 24.6. The van der Waals surface area contributed by atoms with Crippen molar-refractivity contribution in [1.82, 2.24) is 8.87 Å². The number of carbonyl (C=O) groups excluding carboxylic acids is 1. The highest BCUT2D eigenvalue weighted by Gasteiger charge is 2.29. The summed E-state index contributed by atoms with van der Waals surface area (Å²) in [6, 6.07) is 16.7. The van der Waals surface area contributed by atoms with Crippen LogP contribution in [0.4, 0.5) is 0 Å². The maximum atomic E-state index is 13.6. The highest BCUT2D eigenvalue weighted by atomic mass is 32.2. The number of nitrogens with zero attached hydrogens (tertiary/aromatic N) is 3. The van der Waals surface area contributed by atoms with E-state index in [9.17, 15) is 13.2 Å². The topological polar surface area (TPSA) is 83.2 Å². The van der Waals surface area contributed by atoms with Gasteiger partial charge in [-0.3, -0.25) is 4.79 Å². The first-order valence-electron chi connectivity index (χ1n) is 12.5. The lowest BCUT2D eigenvalue weighted by Gasteiger charge is -2.36. The lowest BCUT2D eigenvalue weighted by atomic mass is 9.88. The summed E-state index contributed by atoms with van der Waals surface area (Å²) in [5.41, 5.74) is 2.65. The van der Waals surface area contributed by atoms with E-state index in [0.717, 1.165) is 46.9 Å². The van der Waals surface area contributed by atoms with Crippen LogP contribution in [0.2, 0.25) is 0 Å². The fraction of sp³-hybridized carbons (Fsp3) is 0.429.